The van der Waals surface area contributed by atoms with Crippen molar-refractivity contribution in [2.24, 2.45) is 5.92 Å². The number of aromatic nitrogens is 2. The van der Waals surface area contributed by atoms with Gasteiger partial charge in [-0.15, -0.1) is 0 Å². The molecule has 0 aliphatic heterocycles. The number of ether oxygens (including phenoxy) is 1. The van der Waals surface area contributed by atoms with Gasteiger partial charge in [-0.1, -0.05) is 26.0 Å². The van der Waals surface area contributed by atoms with Gasteiger partial charge in [-0.2, -0.15) is 4.98 Å². The summed E-state index contributed by atoms with van der Waals surface area (Å²) in [5, 5.41) is 6.97. The smallest absolute Gasteiger partial charge is 0.328 e. The first-order valence-electron chi connectivity index (χ1n) is 6.85. The number of carbonyl (C=O) groups excluding carboxylic acids is 1. The highest BCUT2D eigenvalue weighted by Crippen LogP contribution is 2.23. The van der Waals surface area contributed by atoms with E-state index in [0.717, 1.165) is 10.9 Å². The second kappa shape index (κ2) is 6.39. The first-order valence-corrected chi connectivity index (χ1v) is 6.85. The molecule has 2 N–H and O–H groups in total. The van der Waals surface area contributed by atoms with Gasteiger partial charge in [0.15, 0.2) is 0 Å². The zero-order chi connectivity index (χ0) is 15.4. The minimum Gasteiger partial charge on any atom is -0.467 e. The van der Waals surface area contributed by atoms with Gasteiger partial charge in [-0.3, -0.25) is 0 Å². The molecule has 6 heteroatoms. The number of nitrogens with zero attached hydrogens (tertiary/aromatic N) is 2. The lowest BCUT2D eigenvalue weighted by molar-refractivity contribution is -0.142. The van der Waals surface area contributed by atoms with E-state index in [1.165, 1.54) is 7.11 Å². The van der Waals surface area contributed by atoms with Crippen LogP contribution in [0.1, 0.15) is 13.8 Å². The van der Waals surface area contributed by atoms with Crippen LogP contribution in [0, 0.1) is 5.92 Å². The van der Waals surface area contributed by atoms with Gasteiger partial charge in [0.1, 0.15) is 11.9 Å². The molecule has 6 nitrogen and oxygen atoms in total. The van der Waals surface area contributed by atoms with Crippen LogP contribution >= 0.6 is 0 Å². The number of rotatable bonds is 5. The zero-order valence-corrected chi connectivity index (χ0v) is 12.7. The van der Waals surface area contributed by atoms with Crippen molar-refractivity contribution in [1.29, 1.82) is 0 Å². The Labute approximate surface area is 123 Å². The highest BCUT2D eigenvalue weighted by molar-refractivity contribution is 5.92. The molecule has 1 heterocycles. The van der Waals surface area contributed by atoms with Crippen molar-refractivity contribution >= 4 is 28.6 Å². The SMILES string of the molecule is CNc1nc(NC(C(=O)OC)C(C)C)c2ccccc2n1. The summed E-state index contributed by atoms with van der Waals surface area (Å²) in [6.07, 6.45) is 0. The Bertz CT molecular complexity index is 643. The van der Waals surface area contributed by atoms with E-state index >= 15 is 0 Å². The molecule has 0 saturated carbocycles. The largest absolute Gasteiger partial charge is 0.467 e. The second-order valence-corrected chi connectivity index (χ2v) is 5.05. The molecule has 21 heavy (non-hydrogen) atoms. The Balaban J connectivity index is 2.46. The molecule has 2 rings (SSSR count). The molecule has 1 unspecified atom stereocenters. The van der Waals surface area contributed by atoms with E-state index < -0.39 is 6.04 Å². The van der Waals surface area contributed by atoms with Crippen LogP contribution in [-0.4, -0.2) is 36.1 Å². The normalized spacial score (nSPS) is 12.2. The molecule has 1 atom stereocenters. The third kappa shape index (κ3) is 3.21. The van der Waals surface area contributed by atoms with Crippen molar-refractivity contribution in [1.82, 2.24) is 9.97 Å². The summed E-state index contributed by atoms with van der Waals surface area (Å²) in [5.41, 5.74) is 0.812. The fraction of sp³-hybridized carbons (Fsp3) is 0.400. The molecule has 0 radical (unpaired) electrons. The Morgan fingerprint density at radius 3 is 2.57 bits per heavy atom. The topological polar surface area (TPSA) is 76.1 Å². The minimum atomic E-state index is -0.460. The third-order valence-electron chi connectivity index (χ3n) is 3.24. The number of anilines is 2. The lowest BCUT2D eigenvalue weighted by atomic mass is 10.0. The first-order chi connectivity index (χ1) is 10.1. The summed E-state index contributed by atoms with van der Waals surface area (Å²) >= 11 is 0. The van der Waals surface area contributed by atoms with Crippen molar-refractivity contribution in [2.75, 3.05) is 24.8 Å². The van der Waals surface area contributed by atoms with E-state index in [1.807, 2.05) is 38.1 Å². The van der Waals surface area contributed by atoms with E-state index in [4.69, 9.17) is 4.74 Å². The number of hydrogen-bond donors (Lipinski definition) is 2. The number of methoxy groups -OCH3 is 1. The van der Waals surface area contributed by atoms with Gasteiger partial charge in [0.05, 0.1) is 12.6 Å². The Hall–Kier alpha value is -2.37. The molecule has 0 spiro atoms. The molecule has 0 fully saturated rings. The van der Waals surface area contributed by atoms with E-state index in [-0.39, 0.29) is 11.9 Å². The lowest BCUT2D eigenvalue weighted by Crippen LogP contribution is -2.35. The molecule has 0 amide bonds. The number of esters is 1. The molecule has 0 saturated heterocycles. The van der Waals surface area contributed by atoms with Crippen molar-refractivity contribution < 1.29 is 9.53 Å². The fourth-order valence-corrected chi connectivity index (χ4v) is 2.07. The highest BCUT2D eigenvalue weighted by atomic mass is 16.5. The average molecular weight is 288 g/mol. The highest BCUT2D eigenvalue weighted by Gasteiger charge is 2.24. The monoisotopic (exact) mass is 288 g/mol. The Kier molecular flexibility index (Phi) is 4.57. The molecule has 2 aromatic rings. The van der Waals surface area contributed by atoms with Gasteiger partial charge in [0.2, 0.25) is 5.95 Å². The summed E-state index contributed by atoms with van der Waals surface area (Å²) < 4.78 is 4.85. The summed E-state index contributed by atoms with van der Waals surface area (Å²) in [4.78, 5) is 20.7. The van der Waals surface area contributed by atoms with Crippen LogP contribution in [0.5, 0.6) is 0 Å². The molecule has 1 aromatic carbocycles. The Morgan fingerprint density at radius 1 is 1.24 bits per heavy atom. The van der Waals surface area contributed by atoms with Gasteiger partial charge >= 0.3 is 5.97 Å². The van der Waals surface area contributed by atoms with Crippen molar-refractivity contribution in [2.45, 2.75) is 19.9 Å². The maximum Gasteiger partial charge on any atom is 0.328 e. The number of para-hydroxylation sites is 1. The van der Waals surface area contributed by atoms with Crippen LogP contribution in [0.4, 0.5) is 11.8 Å². The molecule has 0 bridgehead atoms. The predicted molar refractivity (Wildman–Crippen MR) is 83.3 cm³/mol. The fourth-order valence-electron chi connectivity index (χ4n) is 2.07. The predicted octanol–water partition coefficient (Wildman–Crippen LogP) is 2.28. The summed E-state index contributed by atoms with van der Waals surface area (Å²) in [7, 11) is 3.14. The quantitative estimate of drug-likeness (QED) is 0.822. The van der Waals surface area contributed by atoms with Crippen LogP contribution in [0.3, 0.4) is 0 Å². The van der Waals surface area contributed by atoms with Gasteiger partial charge < -0.3 is 15.4 Å². The summed E-state index contributed by atoms with van der Waals surface area (Å²) in [5.74, 6) is 0.889. The van der Waals surface area contributed by atoms with Gasteiger partial charge in [0, 0.05) is 12.4 Å². The van der Waals surface area contributed by atoms with E-state index in [1.54, 1.807) is 7.05 Å². The summed E-state index contributed by atoms with van der Waals surface area (Å²) in [6.45, 7) is 3.91. The molecule has 112 valence electrons. The van der Waals surface area contributed by atoms with Gasteiger partial charge in [-0.25, -0.2) is 9.78 Å². The van der Waals surface area contributed by atoms with E-state index in [0.29, 0.717) is 11.8 Å². The number of carbonyl (C=O) groups is 1. The van der Waals surface area contributed by atoms with Gasteiger partial charge in [-0.05, 0) is 18.1 Å². The first kappa shape index (κ1) is 15.0. The van der Waals surface area contributed by atoms with Crippen LogP contribution in [-0.2, 0) is 9.53 Å². The van der Waals surface area contributed by atoms with Crippen LogP contribution < -0.4 is 10.6 Å². The minimum absolute atomic E-state index is 0.0733. The van der Waals surface area contributed by atoms with Crippen LogP contribution in [0.15, 0.2) is 24.3 Å². The molecule has 1 aromatic heterocycles. The number of nitrogens with one attached hydrogen (secondary N) is 2. The maximum absolute atomic E-state index is 11.9. The van der Waals surface area contributed by atoms with Crippen molar-refractivity contribution in [3.63, 3.8) is 0 Å². The number of benzene rings is 1. The average Bonchev–Trinajstić information content (AvgIpc) is 2.50. The van der Waals surface area contributed by atoms with E-state index in [2.05, 4.69) is 20.6 Å². The molecular formula is C15H20N4O2. The Morgan fingerprint density at radius 2 is 1.95 bits per heavy atom. The standard InChI is InChI=1S/C15H20N4O2/c1-9(2)12(14(20)21-4)18-13-10-7-5-6-8-11(10)17-15(16-3)19-13/h5-9,12H,1-4H3,(H2,16,17,18,19). The van der Waals surface area contributed by atoms with Crippen molar-refractivity contribution in [3.05, 3.63) is 24.3 Å². The van der Waals surface area contributed by atoms with E-state index in [9.17, 15) is 4.79 Å². The molecule has 0 aliphatic carbocycles. The second-order valence-electron chi connectivity index (χ2n) is 5.05. The zero-order valence-electron chi connectivity index (χ0n) is 12.7. The van der Waals surface area contributed by atoms with Crippen molar-refractivity contribution in [3.8, 4) is 0 Å². The van der Waals surface area contributed by atoms with Crippen LogP contribution in [0.2, 0.25) is 0 Å². The number of hydrogen-bond acceptors (Lipinski definition) is 6. The lowest BCUT2D eigenvalue weighted by Gasteiger charge is -2.21. The number of fused-ring (bicyclic) bond motifs is 1. The molecular weight excluding hydrogens is 268 g/mol. The van der Waals surface area contributed by atoms with Gasteiger partial charge in [0.25, 0.3) is 0 Å². The molecule has 0 aliphatic rings. The van der Waals surface area contributed by atoms with Crippen LogP contribution in [0.25, 0.3) is 10.9 Å². The third-order valence-corrected chi connectivity index (χ3v) is 3.24. The maximum atomic E-state index is 11.9. The summed E-state index contributed by atoms with van der Waals surface area (Å²) in [6, 6.07) is 7.20.